The molecule has 2 aromatic rings. The van der Waals surface area contributed by atoms with E-state index in [1.807, 2.05) is 12.1 Å². The van der Waals surface area contributed by atoms with Gasteiger partial charge in [0, 0.05) is 30.2 Å². The summed E-state index contributed by atoms with van der Waals surface area (Å²) in [5.41, 5.74) is 1.41. The van der Waals surface area contributed by atoms with Crippen molar-refractivity contribution in [2.24, 2.45) is 5.92 Å². The van der Waals surface area contributed by atoms with Gasteiger partial charge in [0.25, 0.3) is 0 Å². The fraction of sp³-hybridized carbons (Fsp3) is 0.222. The van der Waals surface area contributed by atoms with Gasteiger partial charge in [0.1, 0.15) is 5.82 Å². The summed E-state index contributed by atoms with van der Waals surface area (Å²) in [6.45, 7) is 0.607. The average Bonchev–Trinajstić information content (AvgIpc) is 2.98. The number of rotatable bonds is 4. The molecule has 1 atom stereocenters. The van der Waals surface area contributed by atoms with E-state index in [9.17, 15) is 14.0 Å². The molecular weight excluding hydrogens is 366 g/mol. The lowest BCUT2D eigenvalue weighted by Gasteiger charge is -2.17. The summed E-state index contributed by atoms with van der Waals surface area (Å²) in [6.07, 6.45) is 0.113. The maximum absolute atomic E-state index is 13.3. The van der Waals surface area contributed by atoms with Crippen LogP contribution < -0.4 is 10.2 Å². The number of nitrogens with zero attached hydrogens (tertiary/aromatic N) is 1. The summed E-state index contributed by atoms with van der Waals surface area (Å²) >= 11 is 11.6. The van der Waals surface area contributed by atoms with Gasteiger partial charge in [-0.05, 0) is 35.9 Å². The van der Waals surface area contributed by atoms with Crippen molar-refractivity contribution in [3.8, 4) is 0 Å². The van der Waals surface area contributed by atoms with Crippen molar-refractivity contribution in [1.82, 2.24) is 5.32 Å². The van der Waals surface area contributed by atoms with Crippen LogP contribution in [0.5, 0.6) is 0 Å². The first-order chi connectivity index (χ1) is 11.9. The van der Waals surface area contributed by atoms with Crippen LogP contribution in [-0.4, -0.2) is 18.4 Å². The van der Waals surface area contributed by atoms with Crippen molar-refractivity contribution >= 4 is 40.7 Å². The minimum absolute atomic E-state index is 0.0547. The number of benzene rings is 2. The molecule has 1 unspecified atom stereocenters. The quantitative estimate of drug-likeness (QED) is 0.876. The van der Waals surface area contributed by atoms with Crippen molar-refractivity contribution in [3.05, 3.63) is 63.9 Å². The van der Waals surface area contributed by atoms with Crippen molar-refractivity contribution in [2.45, 2.75) is 13.0 Å². The number of nitrogens with one attached hydrogen (secondary N) is 1. The van der Waals surface area contributed by atoms with Gasteiger partial charge in [-0.25, -0.2) is 4.39 Å². The van der Waals surface area contributed by atoms with Gasteiger partial charge in [0.15, 0.2) is 0 Å². The molecule has 1 aliphatic heterocycles. The first-order valence-electron chi connectivity index (χ1n) is 7.71. The lowest BCUT2D eigenvalue weighted by molar-refractivity contribution is -0.126. The van der Waals surface area contributed by atoms with Gasteiger partial charge in [-0.2, -0.15) is 0 Å². The lowest BCUT2D eigenvalue weighted by atomic mass is 10.1. The molecule has 3 rings (SSSR count). The zero-order chi connectivity index (χ0) is 18.0. The van der Waals surface area contributed by atoms with Gasteiger partial charge < -0.3 is 10.2 Å². The zero-order valence-corrected chi connectivity index (χ0v) is 14.6. The summed E-state index contributed by atoms with van der Waals surface area (Å²) in [6, 6.07) is 11.2. The Labute approximate surface area is 154 Å². The maximum atomic E-state index is 13.3. The van der Waals surface area contributed by atoms with E-state index in [4.69, 9.17) is 23.2 Å². The molecule has 0 bridgehead atoms. The highest BCUT2D eigenvalue weighted by atomic mass is 35.5. The minimum Gasteiger partial charge on any atom is -0.352 e. The summed E-state index contributed by atoms with van der Waals surface area (Å²) in [5.74, 6) is -1.38. The van der Waals surface area contributed by atoms with Crippen molar-refractivity contribution in [2.75, 3.05) is 11.4 Å². The number of anilines is 1. The Morgan fingerprint density at radius 2 is 1.92 bits per heavy atom. The zero-order valence-electron chi connectivity index (χ0n) is 13.1. The van der Waals surface area contributed by atoms with E-state index >= 15 is 0 Å². The largest absolute Gasteiger partial charge is 0.352 e. The third-order valence-corrected chi connectivity index (χ3v) is 4.63. The molecule has 7 heteroatoms. The van der Waals surface area contributed by atoms with Gasteiger partial charge in [-0.3, -0.25) is 9.59 Å². The molecule has 0 radical (unpaired) electrons. The van der Waals surface area contributed by atoms with Crippen LogP contribution >= 0.6 is 23.2 Å². The van der Waals surface area contributed by atoms with E-state index in [1.54, 1.807) is 12.1 Å². The number of carbonyl (C=O) groups excluding carboxylic acids is 2. The fourth-order valence-electron chi connectivity index (χ4n) is 2.72. The maximum Gasteiger partial charge on any atom is 0.227 e. The molecule has 1 heterocycles. The number of carbonyl (C=O) groups is 2. The van der Waals surface area contributed by atoms with Crippen LogP contribution in [0.1, 0.15) is 12.0 Å². The van der Waals surface area contributed by atoms with E-state index < -0.39 is 11.7 Å². The third kappa shape index (κ3) is 4.11. The molecule has 1 N–H and O–H groups in total. The minimum atomic E-state index is -0.547. The summed E-state index contributed by atoms with van der Waals surface area (Å²) in [4.78, 5) is 26.0. The average molecular weight is 381 g/mol. The Kier molecular flexibility index (Phi) is 5.25. The molecule has 1 fully saturated rings. The predicted molar refractivity (Wildman–Crippen MR) is 95.2 cm³/mol. The van der Waals surface area contributed by atoms with E-state index in [0.717, 1.165) is 5.56 Å². The molecule has 0 aliphatic carbocycles. The molecule has 4 nitrogen and oxygen atoms in total. The predicted octanol–water partition coefficient (Wildman–Crippen LogP) is 3.80. The Morgan fingerprint density at radius 1 is 1.20 bits per heavy atom. The second-order valence-corrected chi connectivity index (χ2v) is 6.69. The van der Waals surface area contributed by atoms with Crippen molar-refractivity contribution in [1.29, 1.82) is 0 Å². The third-order valence-electron chi connectivity index (χ3n) is 4.09. The van der Waals surface area contributed by atoms with E-state index in [-0.39, 0.29) is 29.8 Å². The number of halogens is 3. The molecule has 1 aliphatic rings. The van der Waals surface area contributed by atoms with E-state index in [2.05, 4.69) is 5.32 Å². The number of amides is 2. The molecule has 0 aromatic heterocycles. The lowest BCUT2D eigenvalue weighted by Crippen LogP contribution is -2.32. The fourth-order valence-corrected chi connectivity index (χ4v) is 3.02. The molecule has 2 aromatic carbocycles. The molecule has 0 spiro atoms. The van der Waals surface area contributed by atoms with Gasteiger partial charge in [-0.15, -0.1) is 0 Å². The molecule has 2 amide bonds. The second kappa shape index (κ2) is 7.42. The number of hydrogen-bond acceptors (Lipinski definition) is 2. The van der Waals surface area contributed by atoms with Crippen LogP contribution in [0.4, 0.5) is 10.1 Å². The normalized spacial score (nSPS) is 17.0. The van der Waals surface area contributed by atoms with Gasteiger partial charge in [0.2, 0.25) is 11.8 Å². The molecule has 1 saturated heterocycles. The smallest absolute Gasteiger partial charge is 0.227 e. The van der Waals surface area contributed by atoms with Gasteiger partial charge in [-0.1, -0.05) is 35.3 Å². The van der Waals surface area contributed by atoms with Crippen LogP contribution in [0.2, 0.25) is 10.0 Å². The Hall–Kier alpha value is -2.11. The number of hydrogen-bond donors (Lipinski definition) is 1. The van der Waals surface area contributed by atoms with Crippen LogP contribution in [0.15, 0.2) is 42.5 Å². The summed E-state index contributed by atoms with van der Waals surface area (Å²) in [5, 5.41) is 3.40. The Balaban J connectivity index is 1.62. The van der Waals surface area contributed by atoms with Gasteiger partial charge >= 0.3 is 0 Å². The molecule has 130 valence electrons. The van der Waals surface area contributed by atoms with E-state index in [0.29, 0.717) is 17.3 Å². The Bertz CT molecular complexity index is 811. The highest BCUT2D eigenvalue weighted by Gasteiger charge is 2.35. The van der Waals surface area contributed by atoms with E-state index in [1.165, 1.54) is 23.1 Å². The highest BCUT2D eigenvalue weighted by molar-refractivity contribution is 6.31. The second-order valence-electron chi connectivity index (χ2n) is 5.85. The van der Waals surface area contributed by atoms with Crippen LogP contribution in [-0.2, 0) is 16.1 Å². The summed E-state index contributed by atoms with van der Waals surface area (Å²) < 4.78 is 13.3. The first kappa shape index (κ1) is 17.7. The topological polar surface area (TPSA) is 49.4 Å². The monoisotopic (exact) mass is 380 g/mol. The van der Waals surface area contributed by atoms with Gasteiger partial charge in [0.05, 0.1) is 10.9 Å². The first-order valence-corrected chi connectivity index (χ1v) is 8.47. The van der Waals surface area contributed by atoms with Crippen LogP contribution in [0.3, 0.4) is 0 Å². The molecule has 25 heavy (non-hydrogen) atoms. The van der Waals surface area contributed by atoms with Crippen molar-refractivity contribution < 1.29 is 14.0 Å². The highest BCUT2D eigenvalue weighted by Crippen LogP contribution is 2.28. The van der Waals surface area contributed by atoms with Crippen LogP contribution in [0.25, 0.3) is 0 Å². The SMILES string of the molecule is O=C(NCc1ccc(Cl)cc1)C1CC(=O)N(c2ccc(F)c(Cl)c2)C1. The standard InChI is InChI=1S/C18H15Cl2FN2O2/c19-13-3-1-11(2-4-13)9-22-18(25)12-7-17(24)23(10-12)14-5-6-16(21)15(20)8-14/h1-6,8,12H,7,9-10H2,(H,22,25). The van der Waals surface area contributed by atoms with Crippen molar-refractivity contribution in [3.63, 3.8) is 0 Å². The molecular formula is C18H15Cl2FN2O2. The summed E-state index contributed by atoms with van der Waals surface area (Å²) in [7, 11) is 0. The Morgan fingerprint density at radius 3 is 2.60 bits per heavy atom. The molecule has 0 saturated carbocycles. The van der Waals surface area contributed by atoms with Crippen LogP contribution in [0, 0.1) is 11.7 Å².